The predicted molar refractivity (Wildman–Crippen MR) is 103 cm³/mol. The molecule has 1 heteroatoms. The molecular formula is C20H39B. The van der Waals surface area contributed by atoms with Crippen LogP contribution >= 0.6 is 0 Å². The third kappa shape index (κ3) is 14.0. The zero-order valence-corrected chi connectivity index (χ0v) is 15.8. The molecule has 1 rings (SSSR count). The standard InChI is InChI=1S/C14H21B.3C2H6/c1-3-5-8-12(4-2)13-9-6-7-10-14(15)11-13;3*1-2/h3-5,8,13-14H,2,6-7,9-11H2,1H3;3*1-2H3/b5-3-,12-8+;;;. The van der Waals surface area contributed by atoms with Crippen molar-refractivity contribution in [3.05, 3.63) is 36.5 Å². The van der Waals surface area contributed by atoms with Gasteiger partial charge in [-0.25, -0.2) is 0 Å². The molecule has 1 aliphatic rings. The molecule has 0 spiro atoms. The Morgan fingerprint density at radius 1 is 1.00 bits per heavy atom. The van der Waals surface area contributed by atoms with Gasteiger partial charge in [-0.3, -0.25) is 0 Å². The second-order valence-corrected chi connectivity index (χ2v) is 4.37. The molecule has 2 unspecified atom stereocenters. The van der Waals surface area contributed by atoms with E-state index in [0.29, 0.717) is 11.7 Å². The van der Waals surface area contributed by atoms with Crippen LogP contribution in [0.1, 0.15) is 80.6 Å². The Hall–Kier alpha value is -0.715. The number of hydrogen-bond donors (Lipinski definition) is 0. The average Bonchev–Trinajstić information content (AvgIpc) is 2.78. The molecule has 0 aromatic heterocycles. The molecule has 21 heavy (non-hydrogen) atoms. The van der Waals surface area contributed by atoms with E-state index in [2.05, 4.69) is 24.8 Å². The summed E-state index contributed by atoms with van der Waals surface area (Å²) in [5.41, 5.74) is 1.35. The minimum Gasteiger partial charge on any atom is -0.0988 e. The highest BCUT2D eigenvalue weighted by atomic mass is 14.2. The van der Waals surface area contributed by atoms with Crippen LogP contribution in [0.2, 0.25) is 5.82 Å². The number of rotatable bonds is 3. The average molecular weight is 290 g/mol. The SMILES string of the molecule is CC.CC.CC.[B]C1CCCCC(/C(C=C)=C/C=C\C)C1. The molecule has 1 saturated carbocycles. The van der Waals surface area contributed by atoms with Gasteiger partial charge in [0.25, 0.3) is 0 Å². The van der Waals surface area contributed by atoms with Gasteiger partial charge >= 0.3 is 0 Å². The lowest BCUT2D eigenvalue weighted by Crippen LogP contribution is -2.04. The molecule has 0 aliphatic heterocycles. The first-order valence-electron chi connectivity index (χ1n) is 8.98. The maximum absolute atomic E-state index is 6.07. The van der Waals surface area contributed by atoms with Crippen LogP contribution in [0, 0.1) is 5.92 Å². The quantitative estimate of drug-likeness (QED) is 0.291. The van der Waals surface area contributed by atoms with E-state index in [0.717, 1.165) is 6.42 Å². The Morgan fingerprint density at radius 2 is 1.52 bits per heavy atom. The van der Waals surface area contributed by atoms with Crippen molar-refractivity contribution >= 4 is 7.85 Å². The maximum atomic E-state index is 6.07. The van der Waals surface area contributed by atoms with Crippen molar-refractivity contribution in [2.45, 2.75) is 86.4 Å². The topological polar surface area (TPSA) is 0 Å². The summed E-state index contributed by atoms with van der Waals surface area (Å²) < 4.78 is 0. The molecule has 0 aromatic rings. The third-order valence-electron chi connectivity index (χ3n) is 3.15. The molecule has 0 aromatic carbocycles. The molecule has 0 bridgehead atoms. The lowest BCUT2D eigenvalue weighted by molar-refractivity contribution is 0.540. The van der Waals surface area contributed by atoms with Crippen LogP contribution in [0.15, 0.2) is 36.5 Å². The van der Waals surface area contributed by atoms with E-state index in [4.69, 9.17) is 7.85 Å². The van der Waals surface area contributed by atoms with Crippen LogP contribution in [0.5, 0.6) is 0 Å². The normalized spacial score (nSPS) is 21.6. The van der Waals surface area contributed by atoms with Crippen LogP contribution in [0.3, 0.4) is 0 Å². The van der Waals surface area contributed by atoms with Crippen LogP contribution in [0.4, 0.5) is 0 Å². The number of allylic oxidation sites excluding steroid dienone is 5. The van der Waals surface area contributed by atoms with Crippen molar-refractivity contribution in [2.24, 2.45) is 5.92 Å². The highest BCUT2D eigenvalue weighted by Gasteiger charge is 2.18. The van der Waals surface area contributed by atoms with Gasteiger partial charge in [-0.15, -0.1) is 0 Å². The molecule has 2 atom stereocenters. The minimum atomic E-state index is 0.381. The van der Waals surface area contributed by atoms with E-state index in [9.17, 15) is 0 Å². The zero-order chi connectivity index (χ0) is 17.1. The largest absolute Gasteiger partial charge is 0.0988 e. The molecule has 2 radical (unpaired) electrons. The second-order valence-electron chi connectivity index (χ2n) is 4.37. The van der Waals surface area contributed by atoms with Crippen molar-refractivity contribution in [1.82, 2.24) is 0 Å². The van der Waals surface area contributed by atoms with Gasteiger partial charge < -0.3 is 0 Å². The summed E-state index contributed by atoms with van der Waals surface area (Å²) in [5.74, 6) is 1.00. The highest BCUT2D eigenvalue weighted by Crippen LogP contribution is 2.34. The van der Waals surface area contributed by atoms with Crippen LogP contribution in [-0.2, 0) is 0 Å². The second kappa shape index (κ2) is 21.6. The Bertz CT molecular complexity index is 251. The lowest BCUT2D eigenvalue weighted by atomic mass is 9.76. The first kappa shape index (κ1) is 25.3. The lowest BCUT2D eigenvalue weighted by Gasteiger charge is -2.18. The van der Waals surface area contributed by atoms with Gasteiger partial charge in [0.15, 0.2) is 0 Å². The molecule has 0 nitrogen and oxygen atoms in total. The summed E-state index contributed by atoms with van der Waals surface area (Å²) in [6, 6.07) is 0. The van der Waals surface area contributed by atoms with Crippen LogP contribution in [-0.4, -0.2) is 7.85 Å². The highest BCUT2D eigenvalue weighted by molar-refractivity contribution is 6.11. The summed E-state index contributed by atoms with van der Waals surface area (Å²) in [5, 5.41) is 0. The van der Waals surface area contributed by atoms with E-state index in [-0.39, 0.29) is 0 Å². The molecule has 0 saturated heterocycles. The molecule has 0 heterocycles. The van der Waals surface area contributed by atoms with Crippen molar-refractivity contribution in [3.8, 4) is 0 Å². The minimum absolute atomic E-state index is 0.381. The Balaban J connectivity index is -0.000000478. The number of hydrogen-bond acceptors (Lipinski definition) is 0. The van der Waals surface area contributed by atoms with Gasteiger partial charge in [-0.2, -0.15) is 0 Å². The zero-order valence-electron chi connectivity index (χ0n) is 15.8. The summed E-state index contributed by atoms with van der Waals surface area (Å²) in [6.07, 6.45) is 14.5. The molecule has 1 aliphatic carbocycles. The molecule has 0 N–H and O–H groups in total. The summed E-state index contributed by atoms with van der Waals surface area (Å²) >= 11 is 0. The first-order chi connectivity index (χ1) is 10.3. The van der Waals surface area contributed by atoms with Crippen LogP contribution in [0.25, 0.3) is 0 Å². The first-order valence-corrected chi connectivity index (χ1v) is 8.98. The van der Waals surface area contributed by atoms with Gasteiger partial charge in [0.05, 0.1) is 7.85 Å². The smallest absolute Gasteiger partial charge is 0.0699 e. The molecule has 122 valence electrons. The Kier molecular flexibility index (Phi) is 25.9. The molecule has 0 amide bonds. The molecule has 1 fully saturated rings. The Labute approximate surface area is 137 Å². The maximum Gasteiger partial charge on any atom is 0.0699 e. The van der Waals surface area contributed by atoms with Crippen molar-refractivity contribution in [3.63, 3.8) is 0 Å². The van der Waals surface area contributed by atoms with Gasteiger partial charge in [-0.1, -0.05) is 104 Å². The fourth-order valence-corrected chi connectivity index (χ4v) is 2.28. The summed E-state index contributed by atoms with van der Waals surface area (Å²) in [6.45, 7) is 17.9. The van der Waals surface area contributed by atoms with E-state index in [1.807, 2.05) is 54.5 Å². The van der Waals surface area contributed by atoms with E-state index < -0.39 is 0 Å². The summed E-state index contributed by atoms with van der Waals surface area (Å²) in [4.78, 5) is 0. The third-order valence-corrected chi connectivity index (χ3v) is 3.15. The van der Waals surface area contributed by atoms with E-state index >= 15 is 0 Å². The van der Waals surface area contributed by atoms with Crippen LogP contribution < -0.4 is 0 Å². The predicted octanol–water partition coefficient (Wildman–Crippen LogP) is 7.29. The van der Waals surface area contributed by atoms with E-state index in [1.54, 1.807) is 0 Å². The van der Waals surface area contributed by atoms with Crippen molar-refractivity contribution in [2.75, 3.05) is 0 Å². The monoisotopic (exact) mass is 290 g/mol. The van der Waals surface area contributed by atoms with Gasteiger partial charge in [0.2, 0.25) is 0 Å². The van der Waals surface area contributed by atoms with Crippen molar-refractivity contribution < 1.29 is 0 Å². The summed E-state index contributed by atoms with van der Waals surface area (Å²) in [7, 11) is 6.07. The van der Waals surface area contributed by atoms with Crippen molar-refractivity contribution in [1.29, 1.82) is 0 Å². The fourth-order valence-electron chi connectivity index (χ4n) is 2.28. The van der Waals surface area contributed by atoms with Gasteiger partial charge in [0.1, 0.15) is 0 Å². The van der Waals surface area contributed by atoms with Gasteiger partial charge in [-0.05, 0) is 24.8 Å². The van der Waals surface area contributed by atoms with E-state index in [1.165, 1.54) is 31.3 Å². The van der Waals surface area contributed by atoms with Gasteiger partial charge in [0, 0.05) is 0 Å². The Morgan fingerprint density at radius 3 is 2.00 bits per heavy atom. The fraction of sp³-hybridized carbons (Fsp3) is 0.700. The molecular weight excluding hydrogens is 251 g/mol.